The standard InChI is InChI=1S/C12H21N3O2/c1-9(2)8-15-10(3)11(7-13-15)12(17)14(4)5-6-16/h7,9,16H,5-6,8H2,1-4H3. The van der Waals surface area contributed by atoms with Crippen LogP contribution in [-0.2, 0) is 6.54 Å². The van der Waals surface area contributed by atoms with Crippen LogP contribution in [0.5, 0.6) is 0 Å². The summed E-state index contributed by atoms with van der Waals surface area (Å²) in [7, 11) is 1.68. The van der Waals surface area contributed by atoms with E-state index < -0.39 is 0 Å². The predicted octanol–water partition coefficient (Wildman–Crippen LogP) is 0.912. The van der Waals surface area contributed by atoms with Gasteiger partial charge < -0.3 is 10.0 Å². The smallest absolute Gasteiger partial charge is 0.257 e. The molecule has 0 atom stereocenters. The van der Waals surface area contributed by atoms with Crippen LogP contribution in [0.1, 0.15) is 29.9 Å². The zero-order chi connectivity index (χ0) is 13.0. The van der Waals surface area contributed by atoms with E-state index in [0.717, 1.165) is 12.2 Å². The van der Waals surface area contributed by atoms with E-state index >= 15 is 0 Å². The van der Waals surface area contributed by atoms with Gasteiger partial charge in [-0.25, -0.2) is 0 Å². The van der Waals surface area contributed by atoms with E-state index in [1.807, 2.05) is 11.6 Å². The maximum absolute atomic E-state index is 12.0. The van der Waals surface area contributed by atoms with Gasteiger partial charge in [-0.2, -0.15) is 5.10 Å². The average Bonchev–Trinajstić information content (AvgIpc) is 2.59. The van der Waals surface area contributed by atoms with E-state index in [0.29, 0.717) is 18.0 Å². The Morgan fingerprint density at radius 1 is 1.59 bits per heavy atom. The van der Waals surface area contributed by atoms with Gasteiger partial charge in [-0.3, -0.25) is 9.48 Å². The second-order valence-corrected chi connectivity index (χ2v) is 4.67. The Kier molecular flexibility index (Phi) is 4.69. The maximum atomic E-state index is 12.0. The summed E-state index contributed by atoms with van der Waals surface area (Å²) in [6.45, 7) is 7.24. The number of hydrogen-bond donors (Lipinski definition) is 1. The van der Waals surface area contributed by atoms with Crippen molar-refractivity contribution in [2.45, 2.75) is 27.3 Å². The fraction of sp³-hybridized carbons (Fsp3) is 0.667. The minimum absolute atomic E-state index is 0.0264. The van der Waals surface area contributed by atoms with Crippen molar-refractivity contribution in [2.75, 3.05) is 20.2 Å². The van der Waals surface area contributed by atoms with E-state index in [-0.39, 0.29) is 12.5 Å². The molecule has 0 unspecified atom stereocenters. The van der Waals surface area contributed by atoms with E-state index in [9.17, 15) is 4.79 Å². The molecule has 0 saturated carbocycles. The van der Waals surface area contributed by atoms with Gasteiger partial charge in [0.1, 0.15) is 0 Å². The van der Waals surface area contributed by atoms with Crippen LogP contribution >= 0.6 is 0 Å². The van der Waals surface area contributed by atoms with Gasteiger partial charge in [0.05, 0.1) is 18.4 Å². The lowest BCUT2D eigenvalue weighted by molar-refractivity contribution is 0.0766. The Hall–Kier alpha value is -1.36. The van der Waals surface area contributed by atoms with Gasteiger partial charge in [0.15, 0.2) is 0 Å². The molecule has 0 aliphatic carbocycles. The number of aliphatic hydroxyl groups is 1. The predicted molar refractivity (Wildman–Crippen MR) is 65.8 cm³/mol. The van der Waals surface area contributed by atoms with Gasteiger partial charge >= 0.3 is 0 Å². The molecule has 1 amide bonds. The lowest BCUT2D eigenvalue weighted by Gasteiger charge is -2.15. The van der Waals surface area contributed by atoms with Gasteiger partial charge in [-0.05, 0) is 12.8 Å². The van der Waals surface area contributed by atoms with Crippen molar-refractivity contribution in [2.24, 2.45) is 5.92 Å². The molecule has 1 heterocycles. The Labute approximate surface area is 102 Å². The van der Waals surface area contributed by atoms with Crippen LogP contribution in [0.2, 0.25) is 0 Å². The molecule has 17 heavy (non-hydrogen) atoms. The molecule has 0 saturated heterocycles. The first-order valence-corrected chi connectivity index (χ1v) is 5.86. The zero-order valence-electron chi connectivity index (χ0n) is 11.0. The van der Waals surface area contributed by atoms with Crippen LogP contribution in [0.4, 0.5) is 0 Å². The second kappa shape index (κ2) is 5.82. The van der Waals surface area contributed by atoms with Crippen molar-refractivity contribution >= 4 is 5.91 Å². The number of hydrogen-bond acceptors (Lipinski definition) is 3. The third-order valence-corrected chi connectivity index (χ3v) is 2.65. The van der Waals surface area contributed by atoms with Crippen LogP contribution in [0.15, 0.2) is 6.20 Å². The summed E-state index contributed by atoms with van der Waals surface area (Å²) in [6.07, 6.45) is 1.61. The molecule has 1 rings (SSSR count). The zero-order valence-corrected chi connectivity index (χ0v) is 11.0. The molecule has 0 aliphatic rings. The third-order valence-electron chi connectivity index (χ3n) is 2.65. The van der Waals surface area contributed by atoms with Crippen molar-refractivity contribution in [1.82, 2.24) is 14.7 Å². The third kappa shape index (κ3) is 3.30. The number of aliphatic hydroxyl groups excluding tert-OH is 1. The molecule has 0 aliphatic heterocycles. The van der Waals surface area contributed by atoms with Crippen LogP contribution in [0.3, 0.4) is 0 Å². The van der Waals surface area contributed by atoms with E-state index in [1.165, 1.54) is 4.90 Å². The lowest BCUT2D eigenvalue weighted by atomic mass is 10.2. The highest BCUT2D eigenvalue weighted by atomic mass is 16.3. The minimum atomic E-state index is -0.0912. The van der Waals surface area contributed by atoms with Crippen molar-refractivity contribution in [3.05, 3.63) is 17.5 Å². The molecule has 0 aromatic carbocycles. The maximum Gasteiger partial charge on any atom is 0.257 e. The molecule has 1 aromatic heterocycles. The lowest BCUT2D eigenvalue weighted by Crippen LogP contribution is -2.29. The van der Waals surface area contributed by atoms with E-state index in [2.05, 4.69) is 18.9 Å². The number of nitrogens with zero attached hydrogens (tertiary/aromatic N) is 3. The Morgan fingerprint density at radius 2 is 2.24 bits per heavy atom. The van der Waals surface area contributed by atoms with Crippen LogP contribution < -0.4 is 0 Å². The highest BCUT2D eigenvalue weighted by molar-refractivity contribution is 5.94. The molecule has 0 bridgehead atoms. The number of aromatic nitrogens is 2. The molecule has 0 radical (unpaired) electrons. The van der Waals surface area contributed by atoms with E-state index in [1.54, 1.807) is 13.2 Å². The Morgan fingerprint density at radius 3 is 2.76 bits per heavy atom. The molecule has 5 heteroatoms. The van der Waals surface area contributed by atoms with Crippen molar-refractivity contribution in [1.29, 1.82) is 0 Å². The van der Waals surface area contributed by atoms with Gasteiger partial charge in [-0.1, -0.05) is 13.8 Å². The number of amides is 1. The largest absolute Gasteiger partial charge is 0.395 e. The summed E-state index contributed by atoms with van der Waals surface area (Å²) in [6, 6.07) is 0. The quantitative estimate of drug-likeness (QED) is 0.831. The van der Waals surface area contributed by atoms with Crippen LogP contribution in [0.25, 0.3) is 0 Å². The second-order valence-electron chi connectivity index (χ2n) is 4.67. The molecular formula is C12H21N3O2. The van der Waals surface area contributed by atoms with Crippen LogP contribution in [-0.4, -0.2) is 45.9 Å². The summed E-state index contributed by atoms with van der Waals surface area (Å²) in [4.78, 5) is 13.5. The number of rotatable bonds is 5. The Bertz CT molecular complexity index is 385. The highest BCUT2D eigenvalue weighted by Gasteiger charge is 2.17. The monoisotopic (exact) mass is 239 g/mol. The first-order valence-electron chi connectivity index (χ1n) is 5.86. The first kappa shape index (κ1) is 13.7. The van der Waals surface area contributed by atoms with Crippen molar-refractivity contribution in [3.63, 3.8) is 0 Å². The number of likely N-dealkylation sites (N-methyl/N-ethyl adjacent to an activating group) is 1. The van der Waals surface area contributed by atoms with Crippen molar-refractivity contribution in [3.8, 4) is 0 Å². The Balaban J connectivity index is 2.85. The summed E-state index contributed by atoms with van der Waals surface area (Å²) in [5.74, 6) is 0.401. The molecule has 0 spiro atoms. The van der Waals surface area contributed by atoms with Gasteiger partial charge in [0.25, 0.3) is 5.91 Å². The SMILES string of the molecule is Cc1c(C(=O)N(C)CCO)cnn1CC(C)C. The van der Waals surface area contributed by atoms with Crippen LogP contribution in [0, 0.1) is 12.8 Å². The molecule has 5 nitrogen and oxygen atoms in total. The van der Waals surface area contributed by atoms with Crippen molar-refractivity contribution < 1.29 is 9.90 Å². The van der Waals surface area contributed by atoms with Gasteiger partial charge in [0, 0.05) is 25.8 Å². The van der Waals surface area contributed by atoms with Gasteiger partial charge in [-0.15, -0.1) is 0 Å². The molecule has 0 fully saturated rings. The highest BCUT2D eigenvalue weighted by Crippen LogP contribution is 2.11. The molecule has 1 N–H and O–H groups in total. The summed E-state index contributed by atoms with van der Waals surface area (Å²) in [5.41, 5.74) is 1.50. The number of carbonyl (C=O) groups is 1. The topological polar surface area (TPSA) is 58.4 Å². The summed E-state index contributed by atoms with van der Waals surface area (Å²) < 4.78 is 1.85. The minimum Gasteiger partial charge on any atom is -0.395 e. The normalized spacial score (nSPS) is 10.9. The molecule has 96 valence electrons. The molecular weight excluding hydrogens is 218 g/mol. The van der Waals surface area contributed by atoms with E-state index in [4.69, 9.17) is 5.11 Å². The summed E-state index contributed by atoms with van der Waals surface area (Å²) >= 11 is 0. The average molecular weight is 239 g/mol. The fourth-order valence-electron chi connectivity index (χ4n) is 1.64. The first-order chi connectivity index (χ1) is 7.97. The fourth-order valence-corrected chi connectivity index (χ4v) is 1.64. The van der Waals surface area contributed by atoms with Gasteiger partial charge in [0.2, 0.25) is 0 Å². The number of carbonyl (C=O) groups excluding carboxylic acids is 1. The summed E-state index contributed by atoms with van der Waals surface area (Å²) in [5, 5.41) is 13.0. The molecule has 1 aromatic rings.